The van der Waals surface area contributed by atoms with E-state index in [0.717, 1.165) is 48.7 Å². The topological polar surface area (TPSA) is 82.8 Å². The number of amides is 1. The smallest absolute Gasteiger partial charge is 0.256 e. The van der Waals surface area contributed by atoms with Crippen molar-refractivity contribution < 1.29 is 4.79 Å². The number of nitrogens with two attached hydrogens (primary N) is 1. The molecule has 1 aromatic carbocycles. The minimum atomic E-state index is -0.313. The van der Waals surface area contributed by atoms with E-state index >= 15 is 0 Å². The fraction of sp³-hybridized carbons (Fsp3) is 0.360. The van der Waals surface area contributed by atoms with E-state index < -0.39 is 0 Å². The first-order chi connectivity index (χ1) is 15.5. The third-order valence-electron chi connectivity index (χ3n) is 6.39. The van der Waals surface area contributed by atoms with E-state index in [-0.39, 0.29) is 11.5 Å². The van der Waals surface area contributed by atoms with E-state index in [1.54, 1.807) is 17.6 Å². The molecule has 7 heteroatoms. The van der Waals surface area contributed by atoms with E-state index in [9.17, 15) is 4.79 Å². The predicted molar refractivity (Wildman–Crippen MR) is 135 cm³/mol. The molecule has 4 rings (SSSR count). The van der Waals surface area contributed by atoms with E-state index in [2.05, 4.69) is 27.1 Å². The van der Waals surface area contributed by atoms with E-state index in [4.69, 9.17) is 5.73 Å². The highest BCUT2D eigenvalue weighted by atomic mass is 32.1. The van der Waals surface area contributed by atoms with Gasteiger partial charge in [-0.25, -0.2) is 4.99 Å². The van der Waals surface area contributed by atoms with Crippen LogP contribution >= 0.6 is 11.3 Å². The lowest BCUT2D eigenvalue weighted by Gasteiger charge is -2.40. The number of aliphatic imine (C=N–C) groups is 1. The molecule has 168 valence electrons. The van der Waals surface area contributed by atoms with Crippen LogP contribution in [-0.4, -0.2) is 42.2 Å². The summed E-state index contributed by atoms with van der Waals surface area (Å²) in [6, 6.07) is 9.69. The van der Waals surface area contributed by atoms with E-state index in [1.807, 2.05) is 48.7 Å². The summed E-state index contributed by atoms with van der Waals surface area (Å²) in [5, 5.41) is 8.59. The Morgan fingerprint density at radius 1 is 1.31 bits per heavy atom. The number of nitrogens with one attached hydrogen (secondary N) is 2. The van der Waals surface area contributed by atoms with Gasteiger partial charge in [-0.3, -0.25) is 4.79 Å². The lowest BCUT2D eigenvalue weighted by Crippen LogP contribution is -2.49. The summed E-state index contributed by atoms with van der Waals surface area (Å²) in [7, 11) is 0. The van der Waals surface area contributed by atoms with Gasteiger partial charge in [-0.1, -0.05) is 18.7 Å². The molecule has 2 aliphatic heterocycles. The molecule has 0 atom stereocenters. The molecule has 0 aliphatic carbocycles. The van der Waals surface area contributed by atoms with Crippen molar-refractivity contribution in [3.8, 4) is 10.4 Å². The molecule has 2 aromatic rings. The molecule has 1 amide bonds. The Hall–Kier alpha value is -2.90. The van der Waals surface area contributed by atoms with Crippen LogP contribution < -0.4 is 16.4 Å². The molecule has 2 saturated heterocycles. The van der Waals surface area contributed by atoms with Gasteiger partial charge in [0.1, 0.15) is 5.82 Å². The molecule has 32 heavy (non-hydrogen) atoms. The Morgan fingerprint density at radius 3 is 2.78 bits per heavy atom. The molecule has 1 aromatic heterocycles. The number of allylic oxidation sites excluding steroid dienone is 1. The number of hydrogen-bond donors (Lipinski definition) is 3. The van der Waals surface area contributed by atoms with Crippen LogP contribution in [0.25, 0.3) is 10.4 Å². The van der Waals surface area contributed by atoms with Crippen LogP contribution in [0.15, 0.2) is 64.8 Å². The highest BCUT2D eigenvalue weighted by Crippen LogP contribution is 2.32. The maximum Gasteiger partial charge on any atom is 0.256 e. The SMILES string of the molecule is C=C(C=N/C(=C\C)N1CCC2(CCCN2)CC1)C(=O)Nc1cc(-c2cccs2)ccc1N. The molecule has 1 spiro atoms. The Balaban J connectivity index is 1.37. The van der Waals surface area contributed by atoms with Gasteiger partial charge in [0.25, 0.3) is 5.91 Å². The Morgan fingerprint density at radius 2 is 2.12 bits per heavy atom. The molecular formula is C25H31N5OS. The van der Waals surface area contributed by atoms with Crippen LogP contribution in [-0.2, 0) is 4.79 Å². The zero-order chi connectivity index (χ0) is 22.6. The second kappa shape index (κ2) is 9.71. The van der Waals surface area contributed by atoms with Gasteiger partial charge in [0.2, 0.25) is 0 Å². The Labute approximate surface area is 193 Å². The van der Waals surface area contributed by atoms with Gasteiger partial charge in [0, 0.05) is 29.7 Å². The summed E-state index contributed by atoms with van der Waals surface area (Å²) < 4.78 is 0. The number of rotatable bonds is 6. The van der Waals surface area contributed by atoms with Gasteiger partial charge >= 0.3 is 0 Å². The normalized spacial score (nSPS) is 18.4. The first-order valence-corrected chi connectivity index (χ1v) is 12.0. The average Bonchev–Trinajstić information content (AvgIpc) is 3.49. The second-order valence-electron chi connectivity index (χ2n) is 8.46. The fourth-order valence-corrected chi connectivity index (χ4v) is 5.19. The summed E-state index contributed by atoms with van der Waals surface area (Å²) in [6.07, 6.45) is 8.32. The highest BCUT2D eigenvalue weighted by Gasteiger charge is 2.36. The van der Waals surface area contributed by atoms with Crippen LogP contribution in [0.1, 0.15) is 32.6 Å². The third kappa shape index (κ3) is 4.95. The summed E-state index contributed by atoms with van der Waals surface area (Å²) in [6.45, 7) is 8.95. The highest BCUT2D eigenvalue weighted by molar-refractivity contribution is 7.13. The number of nitrogens with zero attached hydrogens (tertiary/aromatic N) is 2. The third-order valence-corrected chi connectivity index (χ3v) is 7.31. The number of piperidine rings is 1. The summed E-state index contributed by atoms with van der Waals surface area (Å²) >= 11 is 1.64. The zero-order valence-corrected chi connectivity index (χ0v) is 19.4. The van der Waals surface area contributed by atoms with Crippen molar-refractivity contribution in [2.75, 3.05) is 30.7 Å². The van der Waals surface area contributed by atoms with Crippen LogP contribution in [0.3, 0.4) is 0 Å². The molecule has 0 radical (unpaired) electrons. The largest absolute Gasteiger partial charge is 0.397 e. The van der Waals surface area contributed by atoms with Crippen LogP contribution in [0.2, 0.25) is 0 Å². The molecule has 0 unspecified atom stereocenters. The lowest BCUT2D eigenvalue weighted by molar-refractivity contribution is -0.112. The Kier molecular flexibility index (Phi) is 6.77. The number of thiophene rings is 1. The molecule has 3 heterocycles. The summed E-state index contributed by atoms with van der Waals surface area (Å²) in [5.74, 6) is 0.568. The number of benzene rings is 1. The van der Waals surface area contributed by atoms with Crippen molar-refractivity contribution in [3.05, 3.63) is 59.8 Å². The van der Waals surface area contributed by atoms with Crippen LogP contribution in [0.4, 0.5) is 11.4 Å². The number of nitrogen functional groups attached to an aromatic ring is 1. The molecule has 4 N–H and O–H groups in total. The van der Waals surface area contributed by atoms with Crippen LogP contribution in [0.5, 0.6) is 0 Å². The molecular weight excluding hydrogens is 418 g/mol. The average molecular weight is 450 g/mol. The molecule has 6 nitrogen and oxygen atoms in total. The van der Waals surface area contributed by atoms with Crippen molar-refractivity contribution in [3.63, 3.8) is 0 Å². The van der Waals surface area contributed by atoms with Gasteiger partial charge in [-0.05, 0) is 74.4 Å². The molecule has 2 aliphatic rings. The maximum atomic E-state index is 12.7. The standard InChI is InChI=1S/C25H31N5OS/c1-3-23(30-13-10-25(11-14-30)9-5-12-28-25)27-17-18(2)24(31)29-21-16-19(7-8-20(21)26)22-6-4-15-32-22/h3-4,6-8,15-17,28H,2,5,9-14,26H2,1H3,(H,29,31)/b23-3+,27-17?. The van der Waals surface area contributed by atoms with Crippen molar-refractivity contribution in [1.29, 1.82) is 0 Å². The summed E-state index contributed by atoms with van der Waals surface area (Å²) in [4.78, 5) is 20.7. The number of hydrogen-bond acceptors (Lipinski definition) is 6. The minimum Gasteiger partial charge on any atom is -0.397 e. The van der Waals surface area contributed by atoms with Gasteiger partial charge in [-0.2, -0.15) is 0 Å². The van der Waals surface area contributed by atoms with Crippen molar-refractivity contribution >= 4 is 34.8 Å². The quantitative estimate of drug-likeness (QED) is 0.341. The van der Waals surface area contributed by atoms with Gasteiger partial charge in [0.05, 0.1) is 16.9 Å². The molecule has 2 fully saturated rings. The lowest BCUT2D eigenvalue weighted by atomic mass is 9.86. The fourth-order valence-electron chi connectivity index (χ4n) is 4.46. The Bertz CT molecular complexity index is 1020. The number of carbonyl (C=O) groups excluding carboxylic acids is 1. The van der Waals surface area contributed by atoms with Crippen molar-refractivity contribution in [2.45, 2.75) is 38.1 Å². The zero-order valence-electron chi connectivity index (χ0n) is 18.6. The van der Waals surface area contributed by atoms with Crippen LogP contribution in [0, 0.1) is 0 Å². The number of carbonyl (C=O) groups is 1. The van der Waals surface area contributed by atoms with Gasteiger partial charge < -0.3 is 21.3 Å². The minimum absolute atomic E-state index is 0.288. The van der Waals surface area contributed by atoms with E-state index in [1.165, 1.54) is 12.8 Å². The molecule has 0 bridgehead atoms. The van der Waals surface area contributed by atoms with E-state index in [0.29, 0.717) is 16.9 Å². The summed E-state index contributed by atoms with van der Waals surface area (Å²) in [5.41, 5.74) is 8.80. The predicted octanol–water partition coefficient (Wildman–Crippen LogP) is 4.64. The number of anilines is 2. The second-order valence-corrected chi connectivity index (χ2v) is 9.41. The van der Waals surface area contributed by atoms with Gasteiger partial charge in [0.15, 0.2) is 0 Å². The van der Waals surface area contributed by atoms with Gasteiger partial charge in [-0.15, -0.1) is 11.3 Å². The number of likely N-dealkylation sites (tertiary alicyclic amines) is 1. The van der Waals surface area contributed by atoms with Crippen molar-refractivity contribution in [2.24, 2.45) is 4.99 Å². The first-order valence-electron chi connectivity index (χ1n) is 11.1. The van der Waals surface area contributed by atoms with Crippen molar-refractivity contribution in [1.82, 2.24) is 10.2 Å². The monoisotopic (exact) mass is 449 g/mol. The molecule has 0 saturated carbocycles. The maximum absolute atomic E-state index is 12.7. The first kappa shape index (κ1) is 22.3.